The van der Waals surface area contributed by atoms with Gasteiger partial charge in [0, 0.05) is 13.6 Å². The van der Waals surface area contributed by atoms with E-state index in [1.54, 1.807) is 11.6 Å². The summed E-state index contributed by atoms with van der Waals surface area (Å²) in [6.45, 7) is 4.69. The highest BCUT2D eigenvalue weighted by Gasteiger charge is 2.11. The molecule has 2 rings (SSSR count). The van der Waals surface area contributed by atoms with Crippen molar-refractivity contribution >= 4 is 5.95 Å². The average Bonchev–Trinajstić information content (AvgIpc) is 2.55. The highest BCUT2D eigenvalue weighted by Crippen LogP contribution is 2.12. The molecule has 0 unspecified atom stereocenters. The minimum absolute atomic E-state index is 0.147. The third kappa shape index (κ3) is 2.08. The molecule has 0 aliphatic carbocycles. The van der Waals surface area contributed by atoms with Crippen LogP contribution in [-0.4, -0.2) is 20.9 Å². The Morgan fingerprint density at radius 3 is 2.82 bits per heavy atom. The maximum absolute atomic E-state index is 12.0. The fourth-order valence-corrected chi connectivity index (χ4v) is 1.74. The Hall–Kier alpha value is -2.04. The first-order valence-corrected chi connectivity index (χ1v) is 5.60. The molecular formula is C12H16N4O. The SMILES string of the molecule is CCNc1nn(C)c(=O)n1-c1cccc(C)c1. The Morgan fingerprint density at radius 1 is 1.41 bits per heavy atom. The van der Waals surface area contributed by atoms with Crippen LogP contribution in [0.5, 0.6) is 0 Å². The van der Waals surface area contributed by atoms with Crippen molar-refractivity contribution in [1.82, 2.24) is 14.3 Å². The third-order valence-electron chi connectivity index (χ3n) is 2.52. The summed E-state index contributed by atoms with van der Waals surface area (Å²) >= 11 is 0. The average molecular weight is 232 g/mol. The zero-order chi connectivity index (χ0) is 12.4. The maximum Gasteiger partial charge on any atom is 0.351 e. The van der Waals surface area contributed by atoms with Gasteiger partial charge in [-0.15, -0.1) is 5.10 Å². The molecule has 1 heterocycles. The second-order valence-corrected chi connectivity index (χ2v) is 3.93. The van der Waals surface area contributed by atoms with Gasteiger partial charge in [-0.2, -0.15) is 0 Å². The van der Waals surface area contributed by atoms with Gasteiger partial charge in [-0.05, 0) is 31.5 Å². The molecule has 0 saturated carbocycles. The number of nitrogens with zero attached hydrogens (tertiary/aromatic N) is 3. The lowest BCUT2D eigenvalue weighted by molar-refractivity contribution is 0.726. The van der Waals surface area contributed by atoms with Crippen molar-refractivity contribution in [1.29, 1.82) is 0 Å². The summed E-state index contributed by atoms with van der Waals surface area (Å²) in [5, 5.41) is 7.25. The normalized spacial score (nSPS) is 10.5. The van der Waals surface area contributed by atoms with E-state index in [0.29, 0.717) is 5.95 Å². The summed E-state index contributed by atoms with van der Waals surface area (Å²) in [6.07, 6.45) is 0. The summed E-state index contributed by atoms with van der Waals surface area (Å²) in [4.78, 5) is 12.0. The lowest BCUT2D eigenvalue weighted by atomic mass is 10.2. The third-order valence-corrected chi connectivity index (χ3v) is 2.52. The van der Waals surface area contributed by atoms with Gasteiger partial charge in [-0.3, -0.25) is 0 Å². The Morgan fingerprint density at radius 2 is 2.18 bits per heavy atom. The zero-order valence-electron chi connectivity index (χ0n) is 10.3. The number of aromatic nitrogens is 3. The number of benzene rings is 1. The second-order valence-electron chi connectivity index (χ2n) is 3.93. The van der Waals surface area contributed by atoms with Crippen molar-refractivity contribution in [2.75, 3.05) is 11.9 Å². The minimum atomic E-state index is -0.147. The summed E-state index contributed by atoms with van der Waals surface area (Å²) in [7, 11) is 1.65. The Labute approximate surface area is 99.7 Å². The van der Waals surface area contributed by atoms with Crippen LogP contribution in [0.25, 0.3) is 5.69 Å². The highest BCUT2D eigenvalue weighted by atomic mass is 16.2. The molecule has 0 radical (unpaired) electrons. The van der Waals surface area contributed by atoms with E-state index in [1.807, 2.05) is 38.1 Å². The molecule has 17 heavy (non-hydrogen) atoms. The van der Waals surface area contributed by atoms with Crippen LogP contribution in [0.1, 0.15) is 12.5 Å². The predicted octanol–water partition coefficient (Wildman–Crippen LogP) is 1.31. The molecule has 0 amide bonds. The van der Waals surface area contributed by atoms with Crippen LogP contribution in [0.2, 0.25) is 0 Å². The molecule has 2 aromatic rings. The number of aryl methyl sites for hydroxylation is 2. The van der Waals surface area contributed by atoms with Crippen molar-refractivity contribution in [3.05, 3.63) is 40.3 Å². The Kier molecular flexibility index (Phi) is 2.99. The number of hydrogen-bond acceptors (Lipinski definition) is 3. The predicted molar refractivity (Wildman–Crippen MR) is 67.7 cm³/mol. The molecule has 0 saturated heterocycles. The lowest BCUT2D eigenvalue weighted by Gasteiger charge is -2.06. The van der Waals surface area contributed by atoms with Crippen molar-refractivity contribution in [3.8, 4) is 5.69 Å². The van der Waals surface area contributed by atoms with Gasteiger partial charge in [0.1, 0.15) is 0 Å². The summed E-state index contributed by atoms with van der Waals surface area (Å²) in [5.74, 6) is 0.575. The van der Waals surface area contributed by atoms with Crippen molar-refractivity contribution in [2.24, 2.45) is 7.05 Å². The van der Waals surface area contributed by atoms with Crippen LogP contribution in [-0.2, 0) is 7.05 Å². The molecule has 0 fully saturated rings. The molecule has 1 N–H and O–H groups in total. The standard InChI is InChI=1S/C12H16N4O/c1-4-13-11-14-15(3)12(17)16(11)10-7-5-6-9(2)8-10/h5-8H,4H2,1-3H3,(H,13,14). The molecular weight excluding hydrogens is 216 g/mol. The van der Waals surface area contributed by atoms with E-state index >= 15 is 0 Å². The topological polar surface area (TPSA) is 51.9 Å². The van der Waals surface area contributed by atoms with Crippen LogP contribution >= 0.6 is 0 Å². The smallest absolute Gasteiger partial charge is 0.351 e. The first-order chi connectivity index (χ1) is 8.13. The molecule has 90 valence electrons. The van der Waals surface area contributed by atoms with Crippen molar-refractivity contribution in [2.45, 2.75) is 13.8 Å². The lowest BCUT2D eigenvalue weighted by Crippen LogP contribution is -2.22. The van der Waals surface area contributed by atoms with Gasteiger partial charge in [0.25, 0.3) is 0 Å². The van der Waals surface area contributed by atoms with E-state index in [-0.39, 0.29) is 5.69 Å². The molecule has 0 atom stereocenters. The van der Waals surface area contributed by atoms with E-state index in [2.05, 4.69) is 10.4 Å². The molecule has 5 nitrogen and oxygen atoms in total. The number of nitrogens with one attached hydrogen (secondary N) is 1. The molecule has 0 bridgehead atoms. The van der Waals surface area contributed by atoms with Crippen molar-refractivity contribution in [3.63, 3.8) is 0 Å². The first kappa shape index (κ1) is 11.4. The largest absolute Gasteiger partial charge is 0.354 e. The van der Waals surface area contributed by atoms with E-state index in [4.69, 9.17) is 0 Å². The minimum Gasteiger partial charge on any atom is -0.354 e. The van der Waals surface area contributed by atoms with Crippen LogP contribution < -0.4 is 11.0 Å². The van der Waals surface area contributed by atoms with Gasteiger partial charge >= 0.3 is 5.69 Å². The first-order valence-electron chi connectivity index (χ1n) is 5.60. The van der Waals surface area contributed by atoms with Gasteiger partial charge in [0.2, 0.25) is 5.95 Å². The molecule has 0 aliphatic rings. The Bertz CT molecular complexity index is 582. The number of anilines is 1. The van der Waals surface area contributed by atoms with E-state index in [1.165, 1.54) is 4.68 Å². The Balaban J connectivity index is 2.61. The van der Waals surface area contributed by atoms with Crippen molar-refractivity contribution < 1.29 is 0 Å². The number of hydrogen-bond donors (Lipinski definition) is 1. The van der Waals surface area contributed by atoms with Gasteiger partial charge in [-0.1, -0.05) is 12.1 Å². The van der Waals surface area contributed by atoms with Crippen LogP contribution in [0.15, 0.2) is 29.1 Å². The van der Waals surface area contributed by atoms with Gasteiger partial charge < -0.3 is 5.32 Å². The van der Waals surface area contributed by atoms with Gasteiger partial charge in [-0.25, -0.2) is 14.0 Å². The summed E-state index contributed by atoms with van der Waals surface area (Å²) in [5.41, 5.74) is 1.80. The van der Waals surface area contributed by atoms with Gasteiger partial charge in [0.15, 0.2) is 0 Å². The van der Waals surface area contributed by atoms with Gasteiger partial charge in [0.05, 0.1) is 5.69 Å². The molecule has 0 spiro atoms. The van der Waals surface area contributed by atoms with Crippen LogP contribution in [0.3, 0.4) is 0 Å². The molecule has 5 heteroatoms. The second kappa shape index (κ2) is 4.45. The fourth-order valence-electron chi connectivity index (χ4n) is 1.74. The highest BCUT2D eigenvalue weighted by molar-refractivity contribution is 5.42. The van der Waals surface area contributed by atoms with Crippen LogP contribution in [0.4, 0.5) is 5.95 Å². The monoisotopic (exact) mass is 232 g/mol. The van der Waals surface area contributed by atoms with E-state index in [9.17, 15) is 4.79 Å². The number of rotatable bonds is 3. The van der Waals surface area contributed by atoms with Crippen LogP contribution in [0, 0.1) is 6.92 Å². The zero-order valence-corrected chi connectivity index (χ0v) is 10.3. The molecule has 1 aromatic carbocycles. The maximum atomic E-state index is 12.0. The molecule has 1 aromatic heterocycles. The molecule has 0 aliphatic heterocycles. The van der Waals surface area contributed by atoms with E-state index in [0.717, 1.165) is 17.8 Å². The summed E-state index contributed by atoms with van der Waals surface area (Å²) in [6, 6.07) is 7.79. The quantitative estimate of drug-likeness (QED) is 0.868. The summed E-state index contributed by atoms with van der Waals surface area (Å²) < 4.78 is 2.91. The fraction of sp³-hybridized carbons (Fsp3) is 0.333. The van der Waals surface area contributed by atoms with E-state index < -0.39 is 0 Å².